The number of nitrogens with zero attached hydrogens (tertiary/aromatic N) is 2. The molecule has 0 aromatic carbocycles. The molecule has 0 unspecified atom stereocenters. The molecule has 0 bridgehead atoms. The third-order valence-electron chi connectivity index (χ3n) is 1.81. The summed E-state index contributed by atoms with van der Waals surface area (Å²) in [5.41, 5.74) is 0. The Morgan fingerprint density at radius 3 is 2.93 bits per heavy atom. The van der Waals surface area contributed by atoms with Gasteiger partial charge in [-0.2, -0.15) is 13.2 Å². The summed E-state index contributed by atoms with van der Waals surface area (Å²) in [7, 11) is 0. The second kappa shape index (κ2) is 3.79. The monoisotopic (exact) mass is 298 g/mol. The topological polar surface area (TPSA) is 15.6 Å². The first-order valence-electron chi connectivity index (χ1n) is 4.06. The van der Waals surface area contributed by atoms with E-state index in [1.165, 1.54) is 17.5 Å². The van der Waals surface area contributed by atoms with Crippen molar-refractivity contribution in [3.05, 3.63) is 19.7 Å². The van der Waals surface area contributed by atoms with Crippen LogP contribution in [-0.2, 0) is 0 Å². The van der Waals surface area contributed by atoms with Gasteiger partial charge in [0.1, 0.15) is 17.9 Å². The molecular formula is C8H6BrF3N2S. The van der Waals surface area contributed by atoms with Gasteiger partial charge in [0.15, 0.2) is 0 Å². The number of alkyl halides is 3. The van der Waals surface area contributed by atoms with E-state index >= 15 is 0 Å². The van der Waals surface area contributed by atoms with Crippen LogP contribution in [0.2, 0.25) is 0 Å². The second-order valence-corrected chi connectivity index (χ2v) is 5.51. The number of hydrogen-bond donors (Lipinski definition) is 0. The maximum atomic E-state index is 12.1. The number of hydrogen-bond acceptors (Lipinski definition) is 3. The average Bonchev–Trinajstić information content (AvgIpc) is 2.40. The van der Waals surface area contributed by atoms with Crippen molar-refractivity contribution in [3.8, 4) is 0 Å². The highest BCUT2D eigenvalue weighted by Gasteiger charge is 2.30. The van der Waals surface area contributed by atoms with Crippen molar-refractivity contribution in [1.82, 2.24) is 4.90 Å². The Kier molecular flexibility index (Phi) is 2.76. The van der Waals surface area contributed by atoms with E-state index in [4.69, 9.17) is 0 Å². The van der Waals surface area contributed by atoms with E-state index in [1.54, 1.807) is 6.07 Å². The summed E-state index contributed by atoms with van der Waals surface area (Å²) < 4.78 is 38.0. The maximum absolute atomic E-state index is 12.1. The summed E-state index contributed by atoms with van der Waals surface area (Å²) >= 11 is 4.69. The number of thiophene rings is 1. The molecular weight excluding hydrogens is 293 g/mol. The fourth-order valence-electron chi connectivity index (χ4n) is 1.30. The van der Waals surface area contributed by atoms with E-state index in [-0.39, 0.29) is 6.67 Å². The minimum absolute atomic E-state index is 0.0689. The minimum atomic E-state index is -4.18. The van der Waals surface area contributed by atoms with Crippen LogP contribution in [0.3, 0.4) is 0 Å². The molecule has 0 aliphatic carbocycles. The van der Waals surface area contributed by atoms with Gasteiger partial charge < -0.3 is 4.90 Å². The average molecular weight is 299 g/mol. The predicted octanol–water partition coefficient (Wildman–Crippen LogP) is 1.70. The van der Waals surface area contributed by atoms with Crippen molar-refractivity contribution in [3.63, 3.8) is 0 Å². The van der Waals surface area contributed by atoms with Crippen LogP contribution in [-0.4, -0.2) is 24.3 Å². The Balaban J connectivity index is 2.27. The molecule has 0 saturated heterocycles. The molecule has 0 saturated carbocycles. The quantitative estimate of drug-likeness (QED) is 0.771. The first-order valence-corrected chi connectivity index (χ1v) is 5.67. The molecule has 1 aromatic rings. The highest BCUT2D eigenvalue weighted by molar-refractivity contribution is 9.11. The summed E-state index contributed by atoms with van der Waals surface area (Å²) in [6, 6.07) is 1.77. The molecule has 0 radical (unpaired) electrons. The molecule has 2 nitrogen and oxygen atoms in total. The van der Waals surface area contributed by atoms with Gasteiger partial charge in [-0.1, -0.05) is 0 Å². The van der Waals surface area contributed by atoms with Crippen LogP contribution in [0.5, 0.6) is 0 Å². The predicted molar refractivity (Wildman–Crippen MR) is 54.9 cm³/mol. The van der Waals surface area contributed by atoms with Gasteiger partial charge in [0.05, 0.1) is 3.79 Å². The first kappa shape index (κ1) is 10.9. The molecule has 2 rings (SSSR count). The van der Waals surface area contributed by atoms with Crippen molar-refractivity contribution in [2.75, 3.05) is 13.2 Å². The Hall–Kier alpha value is -0.560. The van der Waals surface area contributed by atoms with Gasteiger partial charge in [-0.05, 0) is 22.0 Å². The van der Waals surface area contributed by atoms with Crippen LogP contribution in [0.15, 0.2) is 14.8 Å². The van der Waals surface area contributed by atoms with Crippen LogP contribution >= 0.6 is 27.3 Å². The summed E-state index contributed by atoms with van der Waals surface area (Å²) in [6.45, 7) is -0.886. The Labute approximate surface area is 95.9 Å². The highest BCUT2D eigenvalue weighted by Crippen LogP contribution is 2.17. The molecule has 1 aliphatic rings. The summed E-state index contributed by atoms with van der Waals surface area (Å²) in [6.07, 6.45) is -2.69. The standard InChI is InChI=1S/C8H6BrF3N2S/c9-6-1-5-2-14(3-8(10,11)12)4-13-7(5)15-6/h1-2H,3-4H2. The molecule has 0 fully saturated rings. The molecule has 0 atom stereocenters. The van der Waals surface area contributed by atoms with Crippen LogP contribution < -0.4 is 9.89 Å². The van der Waals surface area contributed by atoms with Crippen LogP contribution in [0, 0.1) is 0 Å². The lowest BCUT2D eigenvalue weighted by atomic mass is 10.4. The third kappa shape index (κ3) is 2.72. The zero-order chi connectivity index (χ0) is 11.1. The Bertz CT molecular complexity index is 479. The zero-order valence-corrected chi connectivity index (χ0v) is 9.79. The number of fused-ring (bicyclic) bond motifs is 1. The highest BCUT2D eigenvalue weighted by atomic mass is 79.9. The van der Waals surface area contributed by atoms with E-state index in [9.17, 15) is 13.2 Å². The van der Waals surface area contributed by atoms with Crippen molar-refractivity contribution in [1.29, 1.82) is 0 Å². The fourth-order valence-corrected chi connectivity index (χ4v) is 2.73. The van der Waals surface area contributed by atoms with E-state index in [0.29, 0.717) is 0 Å². The zero-order valence-electron chi connectivity index (χ0n) is 7.38. The Morgan fingerprint density at radius 2 is 2.27 bits per heavy atom. The molecule has 2 heterocycles. The summed E-state index contributed by atoms with van der Waals surface area (Å²) in [5, 5.41) is 0.738. The van der Waals surface area contributed by atoms with Crippen molar-refractivity contribution < 1.29 is 13.2 Å². The molecule has 0 N–H and O–H groups in total. The van der Waals surface area contributed by atoms with Crippen LogP contribution in [0.25, 0.3) is 6.20 Å². The minimum Gasteiger partial charge on any atom is -0.349 e. The molecule has 82 valence electrons. The van der Waals surface area contributed by atoms with Gasteiger partial charge in [-0.3, -0.25) is 4.99 Å². The maximum Gasteiger partial charge on any atom is 0.405 e. The number of rotatable bonds is 1. The van der Waals surface area contributed by atoms with Gasteiger partial charge in [0.2, 0.25) is 0 Å². The normalized spacial score (nSPS) is 15.6. The molecule has 1 aliphatic heterocycles. The molecule has 15 heavy (non-hydrogen) atoms. The van der Waals surface area contributed by atoms with Crippen molar-refractivity contribution >= 4 is 33.5 Å². The lowest BCUT2D eigenvalue weighted by Crippen LogP contribution is -2.37. The summed E-state index contributed by atoms with van der Waals surface area (Å²) in [5.74, 6) is 0. The largest absolute Gasteiger partial charge is 0.405 e. The Morgan fingerprint density at radius 1 is 1.53 bits per heavy atom. The van der Waals surface area contributed by atoms with Gasteiger partial charge >= 0.3 is 6.18 Å². The lowest BCUT2D eigenvalue weighted by molar-refractivity contribution is -0.138. The third-order valence-corrected chi connectivity index (χ3v) is 3.40. The molecule has 0 amide bonds. The van der Waals surface area contributed by atoms with E-state index in [1.807, 2.05) is 0 Å². The summed E-state index contributed by atoms with van der Waals surface area (Å²) in [4.78, 5) is 5.22. The van der Waals surface area contributed by atoms with E-state index in [2.05, 4.69) is 20.9 Å². The second-order valence-electron chi connectivity index (χ2n) is 3.10. The van der Waals surface area contributed by atoms with Crippen molar-refractivity contribution in [2.24, 2.45) is 4.99 Å². The molecule has 0 spiro atoms. The van der Waals surface area contributed by atoms with Crippen molar-refractivity contribution in [2.45, 2.75) is 6.18 Å². The van der Waals surface area contributed by atoms with Gasteiger partial charge in [0, 0.05) is 11.4 Å². The first-order chi connectivity index (χ1) is 6.94. The SMILES string of the molecule is FC(F)(F)CN1C=c2cc(Br)sc2=NC1. The van der Waals surface area contributed by atoms with Crippen LogP contribution in [0.1, 0.15) is 0 Å². The van der Waals surface area contributed by atoms with Crippen LogP contribution in [0.4, 0.5) is 13.2 Å². The van der Waals surface area contributed by atoms with Gasteiger partial charge in [0.25, 0.3) is 0 Å². The lowest BCUT2D eigenvalue weighted by Gasteiger charge is -2.20. The molecule has 1 aromatic heterocycles. The number of halogens is 4. The smallest absolute Gasteiger partial charge is 0.349 e. The van der Waals surface area contributed by atoms with Gasteiger partial charge in [-0.25, -0.2) is 0 Å². The fraction of sp³-hybridized carbons (Fsp3) is 0.375. The molecule has 7 heteroatoms. The van der Waals surface area contributed by atoms with E-state index in [0.717, 1.165) is 18.6 Å². The van der Waals surface area contributed by atoms with E-state index < -0.39 is 12.7 Å². The van der Waals surface area contributed by atoms with Gasteiger partial charge in [-0.15, -0.1) is 11.3 Å².